The summed E-state index contributed by atoms with van der Waals surface area (Å²) >= 11 is 3.37. The lowest BCUT2D eigenvalue weighted by molar-refractivity contribution is 0.102. The summed E-state index contributed by atoms with van der Waals surface area (Å²) in [5, 5.41) is 10.6. The summed E-state index contributed by atoms with van der Waals surface area (Å²) in [5.74, 6) is 0.291. The Balaban J connectivity index is 1.85. The minimum absolute atomic E-state index is 0.0502. The van der Waals surface area contributed by atoms with E-state index in [9.17, 15) is 4.79 Å². The molecule has 0 radical (unpaired) electrons. The number of benzene rings is 2. The zero-order chi connectivity index (χ0) is 17.8. The predicted molar refractivity (Wildman–Crippen MR) is 99.0 cm³/mol. The van der Waals surface area contributed by atoms with Gasteiger partial charge in [0.1, 0.15) is 5.75 Å². The van der Waals surface area contributed by atoms with Crippen LogP contribution in [0.1, 0.15) is 17.4 Å². The maximum Gasteiger partial charge on any atom is 0.280 e. The lowest BCUT2D eigenvalue weighted by atomic mass is 10.2. The molecule has 1 heterocycles. The van der Waals surface area contributed by atoms with E-state index in [1.165, 1.54) is 4.68 Å². The van der Waals surface area contributed by atoms with Gasteiger partial charge in [-0.2, -0.15) is 4.68 Å². The topological polar surface area (TPSA) is 95.1 Å². The molecule has 3 rings (SSSR count). The second-order valence-electron chi connectivity index (χ2n) is 5.09. The first-order valence-electron chi connectivity index (χ1n) is 7.60. The first kappa shape index (κ1) is 17.0. The van der Waals surface area contributed by atoms with Crippen molar-refractivity contribution in [2.45, 2.75) is 6.92 Å². The smallest absolute Gasteiger partial charge is 0.280 e. The van der Waals surface area contributed by atoms with Crippen molar-refractivity contribution < 1.29 is 9.53 Å². The average Bonchev–Trinajstić information content (AvgIpc) is 2.99. The largest absolute Gasteiger partial charge is 0.492 e. The number of nitrogens with two attached hydrogens (primary N) is 1. The summed E-state index contributed by atoms with van der Waals surface area (Å²) in [5.41, 5.74) is 7.37. The highest BCUT2D eigenvalue weighted by Crippen LogP contribution is 2.25. The van der Waals surface area contributed by atoms with E-state index >= 15 is 0 Å². The van der Waals surface area contributed by atoms with E-state index in [2.05, 4.69) is 31.6 Å². The van der Waals surface area contributed by atoms with Gasteiger partial charge in [-0.3, -0.25) is 4.79 Å². The maximum atomic E-state index is 12.5. The van der Waals surface area contributed by atoms with Crippen molar-refractivity contribution in [1.82, 2.24) is 15.0 Å². The van der Waals surface area contributed by atoms with E-state index in [4.69, 9.17) is 10.5 Å². The number of nitrogen functional groups attached to an aromatic ring is 1. The van der Waals surface area contributed by atoms with Gasteiger partial charge in [0, 0.05) is 4.47 Å². The van der Waals surface area contributed by atoms with Crippen LogP contribution in [0.4, 0.5) is 11.5 Å². The number of nitrogens with one attached hydrogen (secondary N) is 1. The first-order chi connectivity index (χ1) is 12.1. The number of rotatable bonds is 5. The Labute approximate surface area is 152 Å². The Morgan fingerprint density at radius 3 is 2.68 bits per heavy atom. The molecule has 7 nitrogen and oxygen atoms in total. The number of hydrogen-bond donors (Lipinski definition) is 2. The van der Waals surface area contributed by atoms with Crippen molar-refractivity contribution in [3.05, 3.63) is 58.7 Å². The molecule has 8 heteroatoms. The van der Waals surface area contributed by atoms with Crippen LogP contribution in [0.5, 0.6) is 5.75 Å². The Hall–Kier alpha value is -2.87. The molecule has 0 saturated heterocycles. The summed E-state index contributed by atoms with van der Waals surface area (Å²) < 4.78 is 7.84. The fourth-order valence-corrected chi connectivity index (χ4v) is 2.52. The predicted octanol–water partition coefficient (Wildman–Crippen LogP) is 3.26. The van der Waals surface area contributed by atoms with Crippen LogP contribution in [0.15, 0.2) is 53.0 Å². The van der Waals surface area contributed by atoms with Gasteiger partial charge in [-0.1, -0.05) is 33.3 Å². The van der Waals surface area contributed by atoms with E-state index < -0.39 is 5.91 Å². The van der Waals surface area contributed by atoms with E-state index in [1.54, 1.807) is 18.2 Å². The SMILES string of the molecule is CCOc1ccccc1NC(=O)c1nnn(-c2ccc(Br)cc2)c1N. The van der Waals surface area contributed by atoms with Gasteiger partial charge >= 0.3 is 0 Å². The summed E-state index contributed by atoms with van der Waals surface area (Å²) in [6, 6.07) is 14.5. The monoisotopic (exact) mass is 401 g/mol. The lowest BCUT2D eigenvalue weighted by Crippen LogP contribution is -2.15. The molecule has 3 N–H and O–H groups in total. The van der Waals surface area contributed by atoms with Crippen molar-refractivity contribution in [3.63, 3.8) is 0 Å². The van der Waals surface area contributed by atoms with E-state index in [0.29, 0.717) is 23.7 Å². The number of halogens is 1. The number of para-hydroxylation sites is 2. The van der Waals surface area contributed by atoms with Crippen LogP contribution < -0.4 is 15.8 Å². The summed E-state index contributed by atoms with van der Waals surface area (Å²) in [6.45, 7) is 2.37. The molecule has 0 aliphatic rings. The highest BCUT2D eigenvalue weighted by molar-refractivity contribution is 9.10. The Morgan fingerprint density at radius 1 is 1.24 bits per heavy atom. The molecule has 0 unspecified atom stereocenters. The van der Waals surface area contributed by atoms with Crippen LogP contribution >= 0.6 is 15.9 Å². The van der Waals surface area contributed by atoms with Gasteiger partial charge < -0.3 is 15.8 Å². The molecular weight excluding hydrogens is 386 g/mol. The van der Waals surface area contributed by atoms with Crippen molar-refractivity contribution in [1.29, 1.82) is 0 Å². The van der Waals surface area contributed by atoms with E-state index in [0.717, 1.165) is 4.47 Å². The van der Waals surface area contributed by atoms with Gasteiger partial charge in [-0.25, -0.2) is 0 Å². The third-order valence-corrected chi connectivity index (χ3v) is 3.96. The van der Waals surface area contributed by atoms with Crippen molar-refractivity contribution in [2.24, 2.45) is 0 Å². The maximum absolute atomic E-state index is 12.5. The summed E-state index contributed by atoms with van der Waals surface area (Å²) in [6.07, 6.45) is 0. The second kappa shape index (κ2) is 7.35. The molecule has 0 bridgehead atoms. The average molecular weight is 402 g/mol. The van der Waals surface area contributed by atoms with Crippen molar-refractivity contribution in [3.8, 4) is 11.4 Å². The van der Waals surface area contributed by atoms with Crippen LogP contribution in [0, 0.1) is 0 Å². The van der Waals surface area contributed by atoms with Gasteiger partial charge in [-0.05, 0) is 43.3 Å². The van der Waals surface area contributed by atoms with Gasteiger partial charge in [0.05, 0.1) is 18.0 Å². The molecule has 0 aliphatic heterocycles. The van der Waals surface area contributed by atoms with Gasteiger partial charge in [0.25, 0.3) is 5.91 Å². The van der Waals surface area contributed by atoms with Crippen LogP contribution in [0.25, 0.3) is 5.69 Å². The molecule has 0 fully saturated rings. The number of hydrogen-bond acceptors (Lipinski definition) is 5. The fourth-order valence-electron chi connectivity index (χ4n) is 2.26. The van der Waals surface area contributed by atoms with Gasteiger partial charge in [-0.15, -0.1) is 5.10 Å². The summed E-state index contributed by atoms with van der Waals surface area (Å²) in [4.78, 5) is 12.5. The molecule has 2 aromatic carbocycles. The number of amides is 1. The molecule has 25 heavy (non-hydrogen) atoms. The number of ether oxygens (including phenoxy) is 1. The molecular formula is C17H16BrN5O2. The second-order valence-corrected chi connectivity index (χ2v) is 6.01. The van der Waals surface area contributed by atoms with E-state index in [1.807, 2.05) is 37.3 Å². The van der Waals surface area contributed by atoms with Gasteiger partial charge in [0.2, 0.25) is 0 Å². The van der Waals surface area contributed by atoms with Gasteiger partial charge in [0.15, 0.2) is 11.5 Å². The Bertz CT molecular complexity index is 892. The van der Waals surface area contributed by atoms with Crippen LogP contribution in [-0.2, 0) is 0 Å². The standard InChI is InChI=1S/C17H16BrN5O2/c1-2-25-14-6-4-3-5-13(14)20-17(24)15-16(19)23(22-21-15)12-9-7-11(18)8-10-12/h3-10H,2,19H2,1H3,(H,20,24). The molecule has 0 aliphatic carbocycles. The number of nitrogens with zero attached hydrogens (tertiary/aromatic N) is 3. The third kappa shape index (κ3) is 3.63. The zero-order valence-corrected chi connectivity index (χ0v) is 15.0. The Morgan fingerprint density at radius 2 is 1.96 bits per heavy atom. The third-order valence-electron chi connectivity index (χ3n) is 3.43. The number of aromatic nitrogens is 3. The molecule has 3 aromatic rings. The van der Waals surface area contributed by atoms with Crippen LogP contribution in [-0.4, -0.2) is 27.5 Å². The zero-order valence-electron chi connectivity index (χ0n) is 13.4. The Kier molecular flexibility index (Phi) is 4.99. The highest BCUT2D eigenvalue weighted by atomic mass is 79.9. The lowest BCUT2D eigenvalue weighted by Gasteiger charge is -2.10. The minimum atomic E-state index is -0.451. The molecule has 0 saturated carbocycles. The highest BCUT2D eigenvalue weighted by Gasteiger charge is 2.19. The fraction of sp³-hybridized carbons (Fsp3) is 0.118. The number of carbonyl (C=O) groups excluding carboxylic acids is 1. The molecule has 0 atom stereocenters. The molecule has 128 valence electrons. The normalized spacial score (nSPS) is 10.5. The minimum Gasteiger partial charge on any atom is -0.492 e. The number of anilines is 2. The quantitative estimate of drug-likeness (QED) is 0.683. The van der Waals surface area contributed by atoms with Crippen molar-refractivity contribution >= 4 is 33.3 Å². The summed E-state index contributed by atoms with van der Waals surface area (Å²) in [7, 11) is 0. The molecule has 1 amide bonds. The first-order valence-corrected chi connectivity index (χ1v) is 8.39. The van der Waals surface area contributed by atoms with Crippen LogP contribution in [0.2, 0.25) is 0 Å². The van der Waals surface area contributed by atoms with E-state index in [-0.39, 0.29) is 11.5 Å². The van der Waals surface area contributed by atoms with Crippen molar-refractivity contribution in [2.75, 3.05) is 17.7 Å². The van der Waals surface area contributed by atoms with Crippen LogP contribution in [0.3, 0.4) is 0 Å². The molecule has 0 spiro atoms. The molecule has 1 aromatic heterocycles. The number of carbonyl (C=O) groups is 1.